The van der Waals surface area contributed by atoms with Gasteiger partial charge >= 0.3 is 5.82 Å². The quantitative estimate of drug-likeness (QED) is 0.402. The van der Waals surface area contributed by atoms with Crippen molar-refractivity contribution in [3.63, 3.8) is 0 Å². The summed E-state index contributed by atoms with van der Waals surface area (Å²) in [6.07, 6.45) is 0. The summed E-state index contributed by atoms with van der Waals surface area (Å²) >= 11 is 5.08. The summed E-state index contributed by atoms with van der Waals surface area (Å²) in [5.74, 6) is -0.147. The Balaban J connectivity index is 3.15. The molecule has 0 radical (unpaired) electrons. The average Bonchev–Trinajstić information content (AvgIpc) is 2.10. The summed E-state index contributed by atoms with van der Waals surface area (Å²) in [6, 6.07) is 0. The third-order valence-corrected chi connectivity index (χ3v) is 2.11. The summed E-state index contributed by atoms with van der Waals surface area (Å²) in [4.78, 5) is 13.3. The molecule has 0 fully saturated rings. The van der Waals surface area contributed by atoms with Crippen LogP contribution in [0.2, 0.25) is 0 Å². The first-order chi connectivity index (χ1) is 4.61. The smallest absolute Gasteiger partial charge is 0.358 e. The number of nitro groups is 1. The molecule has 0 unspecified atom stereocenters. The second-order valence-electron chi connectivity index (χ2n) is 1.62. The van der Waals surface area contributed by atoms with Crippen LogP contribution in [-0.2, 0) is 0 Å². The first kappa shape index (κ1) is 7.49. The fourth-order valence-electron chi connectivity index (χ4n) is 0.524. The van der Waals surface area contributed by atoms with Crippen molar-refractivity contribution in [1.82, 2.24) is 4.98 Å². The van der Waals surface area contributed by atoms with E-state index < -0.39 is 4.92 Å². The number of hydrogen-bond donors (Lipinski definition) is 1. The molecule has 0 spiro atoms. The molecule has 0 saturated heterocycles. The van der Waals surface area contributed by atoms with E-state index in [1.54, 1.807) is 6.92 Å². The Hall–Kier alpha value is -0.620. The lowest BCUT2D eigenvalue weighted by molar-refractivity contribution is -0.391. The minimum atomic E-state index is -0.536. The molecule has 4 nitrogen and oxygen atoms in total. The number of aromatic nitrogens is 1. The second-order valence-corrected chi connectivity index (χ2v) is 3.57. The van der Waals surface area contributed by atoms with E-state index in [4.69, 9.17) is 0 Å². The molecule has 10 heavy (non-hydrogen) atoms. The largest absolute Gasteiger partial charge is 0.388 e. The van der Waals surface area contributed by atoms with Gasteiger partial charge in [-0.2, -0.15) is 0 Å². The van der Waals surface area contributed by atoms with Crippen molar-refractivity contribution in [2.45, 2.75) is 11.1 Å². The van der Waals surface area contributed by atoms with E-state index in [1.807, 2.05) is 0 Å². The maximum atomic E-state index is 10.1. The standard InChI is InChI=1S/C4H4N2O2S2/c1-2-5-3(6(7)8)4(9)10-2/h9H,1H3. The van der Waals surface area contributed by atoms with Crippen molar-refractivity contribution in [1.29, 1.82) is 0 Å². The minimum Gasteiger partial charge on any atom is -0.358 e. The summed E-state index contributed by atoms with van der Waals surface area (Å²) < 4.78 is 0.363. The van der Waals surface area contributed by atoms with Gasteiger partial charge < -0.3 is 10.1 Å². The van der Waals surface area contributed by atoms with Crippen molar-refractivity contribution in [3.05, 3.63) is 15.1 Å². The highest BCUT2D eigenvalue weighted by molar-refractivity contribution is 7.83. The molecule has 54 valence electrons. The molecule has 0 aliphatic rings. The molecule has 0 aromatic carbocycles. The van der Waals surface area contributed by atoms with Crippen LogP contribution >= 0.6 is 24.0 Å². The van der Waals surface area contributed by atoms with Gasteiger partial charge in [0, 0.05) is 6.92 Å². The van der Waals surface area contributed by atoms with E-state index in [0.717, 1.165) is 0 Å². The lowest BCUT2D eigenvalue weighted by Crippen LogP contribution is -1.87. The molecule has 0 aliphatic carbocycles. The summed E-state index contributed by atoms with van der Waals surface area (Å²) in [7, 11) is 0. The molecule has 1 aromatic heterocycles. The lowest BCUT2D eigenvalue weighted by atomic mass is 10.8. The summed E-state index contributed by atoms with van der Waals surface area (Å²) in [5, 5.41) is 10.8. The van der Waals surface area contributed by atoms with Gasteiger partial charge in [-0.1, -0.05) is 11.3 Å². The fraction of sp³-hybridized carbons (Fsp3) is 0.250. The number of thiazole rings is 1. The predicted octanol–water partition coefficient (Wildman–Crippen LogP) is 1.65. The van der Waals surface area contributed by atoms with Gasteiger partial charge in [-0.15, -0.1) is 12.6 Å². The first-order valence-corrected chi connectivity index (χ1v) is 3.68. The van der Waals surface area contributed by atoms with Gasteiger partial charge in [-0.25, -0.2) is 0 Å². The zero-order chi connectivity index (χ0) is 7.72. The molecule has 1 aromatic rings. The predicted molar refractivity (Wildman–Crippen MR) is 40.8 cm³/mol. The molecular weight excluding hydrogens is 172 g/mol. The van der Waals surface area contributed by atoms with Gasteiger partial charge in [-0.05, 0) is 9.91 Å². The van der Waals surface area contributed by atoms with E-state index in [9.17, 15) is 10.1 Å². The number of nitrogens with zero attached hydrogens (tertiary/aromatic N) is 2. The van der Waals surface area contributed by atoms with Crippen LogP contribution in [0, 0.1) is 17.0 Å². The number of hydrogen-bond acceptors (Lipinski definition) is 5. The van der Waals surface area contributed by atoms with Gasteiger partial charge in [0.15, 0.2) is 4.21 Å². The Morgan fingerprint density at radius 1 is 1.80 bits per heavy atom. The third kappa shape index (κ3) is 1.27. The minimum absolute atomic E-state index is 0.147. The fourth-order valence-corrected chi connectivity index (χ4v) is 1.68. The molecule has 0 N–H and O–H groups in total. The van der Waals surface area contributed by atoms with Crippen molar-refractivity contribution >= 4 is 29.8 Å². The highest BCUT2D eigenvalue weighted by Gasteiger charge is 2.16. The Bertz CT molecular complexity index is 270. The van der Waals surface area contributed by atoms with E-state index in [2.05, 4.69) is 17.6 Å². The molecule has 0 amide bonds. The molecule has 0 aliphatic heterocycles. The normalized spacial score (nSPS) is 9.80. The average molecular weight is 176 g/mol. The van der Waals surface area contributed by atoms with Crippen LogP contribution < -0.4 is 0 Å². The van der Waals surface area contributed by atoms with Gasteiger partial charge in [0.2, 0.25) is 5.01 Å². The molecule has 0 atom stereocenters. The van der Waals surface area contributed by atoms with Crippen LogP contribution in [0.5, 0.6) is 0 Å². The maximum absolute atomic E-state index is 10.1. The second kappa shape index (κ2) is 2.55. The van der Waals surface area contributed by atoms with Crippen LogP contribution in [0.4, 0.5) is 5.82 Å². The molecule has 0 bridgehead atoms. The van der Waals surface area contributed by atoms with Crippen LogP contribution in [0.3, 0.4) is 0 Å². The van der Waals surface area contributed by atoms with Crippen molar-refractivity contribution < 1.29 is 4.92 Å². The van der Waals surface area contributed by atoms with Crippen LogP contribution in [0.15, 0.2) is 4.21 Å². The Labute approximate surface area is 66.5 Å². The Kier molecular flexibility index (Phi) is 1.91. The monoisotopic (exact) mass is 176 g/mol. The number of aryl methyl sites for hydroxylation is 1. The Morgan fingerprint density at radius 3 is 2.60 bits per heavy atom. The van der Waals surface area contributed by atoms with Gasteiger partial charge in [0.1, 0.15) is 0 Å². The maximum Gasteiger partial charge on any atom is 0.388 e. The van der Waals surface area contributed by atoms with E-state index >= 15 is 0 Å². The SMILES string of the molecule is Cc1nc([N+](=O)[O-])c(S)s1. The molecule has 1 heterocycles. The highest BCUT2D eigenvalue weighted by Crippen LogP contribution is 2.27. The number of rotatable bonds is 1. The van der Waals surface area contributed by atoms with E-state index in [-0.39, 0.29) is 5.82 Å². The van der Waals surface area contributed by atoms with Crippen LogP contribution in [0.25, 0.3) is 0 Å². The zero-order valence-corrected chi connectivity index (χ0v) is 6.78. The zero-order valence-electron chi connectivity index (χ0n) is 5.07. The van der Waals surface area contributed by atoms with Gasteiger partial charge in [-0.3, -0.25) is 0 Å². The summed E-state index contributed by atoms with van der Waals surface area (Å²) in [5.41, 5.74) is 0. The third-order valence-electron chi connectivity index (χ3n) is 0.872. The molecular formula is C4H4N2O2S2. The van der Waals surface area contributed by atoms with Gasteiger partial charge in [0.25, 0.3) is 0 Å². The van der Waals surface area contributed by atoms with Crippen LogP contribution in [-0.4, -0.2) is 9.91 Å². The topological polar surface area (TPSA) is 56.0 Å². The van der Waals surface area contributed by atoms with Crippen molar-refractivity contribution in [2.75, 3.05) is 0 Å². The molecule has 6 heteroatoms. The van der Waals surface area contributed by atoms with E-state index in [0.29, 0.717) is 9.22 Å². The highest BCUT2D eigenvalue weighted by atomic mass is 32.2. The Morgan fingerprint density at radius 2 is 2.40 bits per heavy atom. The van der Waals surface area contributed by atoms with Gasteiger partial charge in [0.05, 0.1) is 0 Å². The first-order valence-electron chi connectivity index (χ1n) is 2.42. The lowest BCUT2D eigenvalue weighted by Gasteiger charge is -1.85. The van der Waals surface area contributed by atoms with E-state index in [1.165, 1.54) is 11.3 Å². The summed E-state index contributed by atoms with van der Waals surface area (Å²) in [6.45, 7) is 1.71. The van der Waals surface area contributed by atoms with Crippen LogP contribution in [0.1, 0.15) is 5.01 Å². The molecule has 1 rings (SSSR count). The van der Waals surface area contributed by atoms with Crippen molar-refractivity contribution in [3.8, 4) is 0 Å². The van der Waals surface area contributed by atoms with Crippen molar-refractivity contribution in [2.24, 2.45) is 0 Å². The molecule has 0 saturated carbocycles. The number of thiol groups is 1.